The number of hydrogen-bond donors (Lipinski definition) is 1. The van der Waals surface area contributed by atoms with Crippen LogP contribution in [0.3, 0.4) is 0 Å². The van der Waals surface area contributed by atoms with Gasteiger partial charge in [0.15, 0.2) is 9.84 Å². The zero-order valence-electron chi connectivity index (χ0n) is 12.9. The fraction of sp³-hybridized carbons (Fsp3) is 0.625. The van der Waals surface area contributed by atoms with E-state index in [0.29, 0.717) is 12.2 Å². The first-order chi connectivity index (χ1) is 9.84. The second-order valence-electron chi connectivity index (χ2n) is 6.05. The topological polar surface area (TPSA) is 46.2 Å². The van der Waals surface area contributed by atoms with Crippen LogP contribution in [0.2, 0.25) is 5.02 Å². The van der Waals surface area contributed by atoms with Crippen molar-refractivity contribution in [2.75, 3.05) is 18.1 Å². The molecule has 3 nitrogen and oxygen atoms in total. The molecule has 2 atom stereocenters. The molecule has 118 valence electrons. The predicted molar refractivity (Wildman–Crippen MR) is 88.7 cm³/mol. The van der Waals surface area contributed by atoms with Crippen LogP contribution >= 0.6 is 11.6 Å². The third-order valence-corrected chi connectivity index (χ3v) is 6.42. The van der Waals surface area contributed by atoms with Crippen LogP contribution in [-0.2, 0) is 9.84 Å². The van der Waals surface area contributed by atoms with E-state index in [9.17, 15) is 8.42 Å². The Balaban J connectivity index is 2.34. The van der Waals surface area contributed by atoms with E-state index >= 15 is 0 Å². The van der Waals surface area contributed by atoms with E-state index in [1.54, 1.807) is 0 Å². The molecule has 1 fully saturated rings. The van der Waals surface area contributed by atoms with Crippen LogP contribution in [0, 0.1) is 19.8 Å². The van der Waals surface area contributed by atoms with E-state index in [4.69, 9.17) is 11.6 Å². The Morgan fingerprint density at radius 3 is 2.57 bits per heavy atom. The molecule has 1 aliphatic heterocycles. The Morgan fingerprint density at radius 1 is 1.33 bits per heavy atom. The van der Waals surface area contributed by atoms with Gasteiger partial charge in [0.05, 0.1) is 11.5 Å². The van der Waals surface area contributed by atoms with Gasteiger partial charge in [-0.1, -0.05) is 24.6 Å². The Kier molecular flexibility index (Phi) is 5.33. The molecule has 1 aromatic carbocycles. The maximum absolute atomic E-state index is 11.8. The van der Waals surface area contributed by atoms with Gasteiger partial charge in [0.1, 0.15) is 0 Å². The van der Waals surface area contributed by atoms with Gasteiger partial charge in [0, 0.05) is 11.1 Å². The quantitative estimate of drug-likeness (QED) is 0.900. The molecule has 0 radical (unpaired) electrons. The van der Waals surface area contributed by atoms with Gasteiger partial charge in [-0.25, -0.2) is 8.42 Å². The highest BCUT2D eigenvalue weighted by molar-refractivity contribution is 7.91. The van der Waals surface area contributed by atoms with Crippen molar-refractivity contribution in [3.8, 4) is 0 Å². The molecule has 2 rings (SSSR count). The third-order valence-electron chi connectivity index (χ3n) is 4.30. The number of rotatable bonds is 5. The summed E-state index contributed by atoms with van der Waals surface area (Å²) in [5, 5.41) is 4.24. The molecule has 2 unspecified atom stereocenters. The van der Waals surface area contributed by atoms with Gasteiger partial charge in [-0.05, 0) is 61.9 Å². The molecular formula is C16H24ClNO2S. The molecule has 1 saturated heterocycles. The Bertz CT molecular complexity index is 613. The van der Waals surface area contributed by atoms with Crippen LogP contribution in [0.25, 0.3) is 0 Å². The second-order valence-corrected chi connectivity index (χ2v) is 8.69. The first-order valence-electron chi connectivity index (χ1n) is 7.54. The zero-order chi connectivity index (χ0) is 15.6. The van der Waals surface area contributed by atoms with Crippen molar-refractivity contribution in [1.29, 1.82) is 0 Å². The predicted octanol–water partition coefficient (Wildman–Crippen LogP) is 3.43. The first-order valence-corrected chi connectivity index (χ1v) is 9.74. The minimum atomic E-state index is -2.89. The summed E-state index contributed by atoms with van der Waals surface area (Å²) in [6.45, 7) is 7.08. The lowest BCUT2D eigenvalue weighted by atomic mass is 9.90. The molecule has 0 spiro atoms. The van der Waals surface area contributed by atoms with Gasteiger partial charge in [0.25, 0.3) is 0 Å². The molecule has 0 aromatic heterocycles. The van der Waals surface area contributed by atoms with Crippen molar-refractivity contribution in [2.45, 2.75) is 39.7 Å². The van der Waals surface area contributed by atoms with E-state index in [2.05, 4.69) is 25.2 Å². The molecule has 0 saturated carbocycles. The van der Waals surface area contributed by atoms with E-state index in [0.717, 1.165) is 29.1 Å². The van der Waals surface area contributed by atoms with Crippen LogP contribution in [0.1, 0.15) is 42.5 Å². The summed E-state index contributed by atoms with van der Waals surface area (Å²) in [5.74, 6) is 0.670. The molecular weight excluding hydrogens is 306 g/mol. The summed E-state index contributed by atoms with van der Waals surface area (Å²) < 4.78 is 23.6. The largest absolute Gasteiger partial charge is 0.310 e. The monoisotopic (exact) mass is 329 g/mol. The molecule has 1 aliphatic rings. The van der Waals surface area contributed by atoms with E-state index in [1.165, 1.54) is 5.56 Å². The number of aryl methyl sites for hydroxylation is 2. The van der Waals surface area contributed by atoms with Crippen LogP contribution in [0.5, 0.6) is 0 Å². The zero-order valence-corrected chi connectivity index (χ0v) is 14.5. The molecule has 0 aliphatic carbocycles. The van der Waals surface area contributed by atoms with Crippen molar-refractivity contribution in [1.82, 2.24) is 5.32 Å². The SMILES string of the molecule is CCCNC(c1cc(C)c(C)cc1Cl)C1CCS(=O)(=O)C1. The van der Waals surface area contributed by atoms with Crippen molar-refractivity contribution < 1.29 is 8.42 Å². The van der Waals surface area contributed by atoms with Crippen LogP contribution < -0.4 is 5.32 Å². The van der Waals surface area contributed by atoms with E-state index < -0.39 is 9.84 Å². The number of benzene rings is 1. The standard InChI is InChI=1S/C16H24ClNO2S/c1-4-6-18-16(13-5-7-21(19,20)10-13)14-8-11(2)12(3)9-15(14)17/h8-9,13,16,18H,4-7,10H2,1-3H3. The van der Waals surface area contributed by atoms with E-state index in [1.807, 2.05) is 13.0 Å². The molecule has 0 bridgehead atoms. The minimum Gasteiger partial charge on any atom is -0.310 e. The molecule has 5 heteroatoms. The molecule has 1 N–H and O–H groups in total. The highest BCUT2D eigenvalue weighted by Gasteiger charge is 2.35. The number of nitrogens with one attached hydrogen (secondary N) is 1. The normalized spacial score (nSPS) is 22.4. The average Bonchev–Trinajstić information content (AvgIpc) is 2.76. The minimum absolute atomic E-state index is 0.0222. The number of hydrogen-bond acceptors (Lipinski definition) is 3. The second kappa shape index (κ2) is 6.67. The Morgan fingerprint density at radius 2 is 2.00 bits per heavy atom. The average molecular weight is 330 g/mol. The number of halogens is 1. The van der Waals surface area contributed by atoms with E-state index in [-0.39, 0.29) is 17.7 Å². The summed E-state index contributed by atoms with van der Waals surface area (Å²) in [7, 11) is -2.89. The van der Waals surface area contributed by atoms with Crippen LogP contribution in [-0.4, -0.2) is 26.5 Å². The maximum Gasteiger partial charge on any atom is 0.150 e. The lowest BCUT2D eigenvalue weighted by Gasteiger charge is -2.26. The van der Waals surface area contributed by atoms with Crippen molar-refractivity contribution >= 4 is 21.4 Å². The van der Waals surface area contributed by atoms with Gasteiger partial charge in [-0.3, -0.25) is 0 Å². The lowest BCUT2D eigenvalue weighted by Crippen LogP contribution is -2.30. The van der Waals surface area contributed by atoms with Crippen molar-refractivity contribution in [2.24, 2.45) is 5.92 Å². The fourth-order valence-corrected chi connectivity index (χ4v) is 5.13. The van der Waals surface area contributed by atoms with Gasteiger partial charge in [-0.2, -0.15) is 0 Å². The summed E-state index contributed by atoms with van der Waals surface area (Å²) in [5.41, 5.74) is 3.39. The highest BCUT2D eigenvalue weighted by atomic mass is 35.5. The maximum atomic E-state index is 11.8. The Labute approximate surface area is 133 Å². The van der Waals surface area contributed by atoms with Gasteiger partial charge in [-0.15, -0.1) is 0 Å². The summed E-state index contributed by atoms with van der Waals surface area (Å²) in [4.78, 5) is 0. The molecule has 1 heterocycles. The van der Waals surface area contributed by atoms with Crippen molar-refractivity contribution in [3.63, 3.8) is 0 Å². The first kappa shape index (κ1) is 16.8. The Hall–Kier alpha value is -0.580. The van der Waals surface area contributed by atoms with Gasteiger partial charge < -0.3 is 5.32 Å². The molecule has 1 aromatic rings. The van der Waals surface area contributed by atoms with Crippen LogP contribution in [0.15, 0.2) is 12.1 Å². The van der Waals surface area contributed by atoms with Gasteiger partial charge >= 0.3 is 0 Å². The van der Waals surface area contributed by atoms with Crippen molar-refractivity contribution in [3.05, 3.63) is 33.8 Å². The summed E-state index contributed by atoms with van der Waals surface area (Å²) in [6, 6.07) is 4.11. The number of sulfone groups is 1. The summed E-state index contributed by atoms with van der Waals surface area (Å²) >= 11 is 6.44. The smallest absolute Gasteiger partial charge is 0.150 e. The lowest BCUT2D eigenvalue weighted by molar-refractivity contribution is 0.392. The highest BCUT2D eigenvalue weighted by Crippen LogP contribution is 2.36. The summed E-state index contributed by atoms with van der Waals surface area (Å²) in [6.07, 6.45) is 1.73. The third kappa shape index (κ3) is 3.99. The molecule has 21 heavy (non-hydrogen) atoms. The molecule has 0 amide bonds. The van der Waals surface area contributed by atoms with Crippen LogP contribution in [0.4, 0.5) is 0 Å². The fourth-order valence-electron chi connectivity index (χ4n) is 2.96. The van der Waals surface area contributed by atoms with Gasteiger partial charge in [0.2, 0.25) is 0 Å².